The van der Waals surface area contributed by atoms with Gasteiger partial charge in [-0.3, -0.25) is 0 Å². The maximum atomic E-state index is 6.18. The lowest BCUT2D eigenvalue weighted by atomic mass is 10.3. The predicted octanol–water partition coefficient (Wildman–Crippen LogP) is 3.02. The van der Waals surface area contributed by atoms with Gasteiger partial charge in [0.15, 0.2) is 10.8 Å². The molecule has 0 N–H and O–H groups in total. The van der Waals surface area contributed by atoms with Crippen molar-refractivity contribution in [2.45, 2.75) is 18.8 Å². The molecule has 0 spiro atoms. The summed E-state index contributed by atoms with van der Waals surface area (Å²) in [5.41, 5.74) is 1.80. The Bertz CT molecular complexity index is 504. The molecule has 1 saturated carbocycles. The third kappa shape index (κ3) is 1.17. The maximum absolute atomic E-state index is 6.18. The van der Waals surface area contributed by atoms with Crippen molar-refractivity contribution in [2.75, 3.05) is 0 Å². The Kier molecular flexibility index (Phi) is 1.82. The summed E-state index contributed by atoms with van der Waals surface area (Å²) in [5, 5.41) is 4.82. The highest BCUT2D eigenvalue weighted by Gasteiger charge is 2.30. The molecule has 1 aliphatic carbocycles. The van der Waals surface area contributed by atoms with E-state index < -0.39 is 0 Å². The summed E-state index contributed by atoms with van der Waals surface area (Å²) in [5.74, 6) is 0.552. The van der Waals surface area contributed by atoms with Gasteiger partial charge in [-0.2, -0.15) is 5.10 Å². The van der Waals surface area contributed by atoms with Crippen LogP contribution in [0.15, 0.2) is 16.7 Å². The molecule has 2 aromatic heterocycles. The molecule has 0 amide bonds. The zero-order valence-corrected chi connectivity index (χ0v) is 9.59. The van der Waals surface area contributed by atoms with Gasteiger partial charge in [0.05, 0.1) is 10.2 Å². The quantitative estimate of drug-likeness (QED) is 0.799. The van der Waals surface area contributed by atoms with Gasteiger partial charge in [0.1, 0.15) is 0 Å². The summed E-state index contributed by atoms with van der Waals surface area (Å²) in [4.78, 5) is 4.50. The first-order chi connectivity index (χ1) is 6.77. The Morgan fingerprint density at radius 3 is 2.93 bits per heavy atom. The predicted molar refractivity (Wildman–Crippen MR) is 57.7 cm³/mol. The second-order valence-corrected chi connectivity index (χ2v) is 4.69. The van der Waals surface area contributed by atoms with Crippen LogP contribution in [0.25, 0.3) is 5.65 Å². The lowest BCUT2D eigenvalue weighted by molar-refractivity contribution is 0.927. The first-order valence-corrected chi connectivity index (χ1v) is 5.63. The number of hydrogen-bond acceptors (Lipinski definition) is 2. The van der Waals surface area contributed by atoms with Crippen LogP contribution in [0.1, 0.15) is 24.5 Å². The molecule has 72 valence electrons. The average Bonchev–Trinajstić information content (AvgIpc) is 2.94. The van der Waals surface area contributed by atoms with Gasteiger partial charge in [-0.25, -0.2) is 9.50 Å². The Labute approximate surface area is 94.2 Å². The molecule has 0 radical (unpaired) electrons. The van der Waals surface area contributed by atoms with Gasteiger partial charge < -0.3 is 0 Å². The number of rotatable bonds is 1. The van der Waals surface area contributed by atoms with E-state index in [0.29, 0.717) is 11.1 Å². The van der Waals surface area contributed by atoms with E-state index in [-0.39, 0.29) is 0 Å². The Hall–Kier alpha value is -0.610. The summed E-state index contributed by atoms with van der Waals surface area (Å²) in [6, 6.07) is 1.87. The van der Waals surface area contributed by atoms with E-state index in [9.17, 15) is 0 Å². The lowest BCUT2D eigenvalue weighted by Gasteiger charge is -1.93. The largest absolute Gasteiger partial charge is 0.229 e. The van der Waals surface area contributed by atoms with E-state index in [2.05, 4.69) is 26.0 Å². The van der Waals surface area contributed by atoms with Crippen molar-refractivity contribution in [3.8, 4) is 0 Å². The van der Waals surface area contributed by atoms with Crippen LogP contribution in [0.4, 0.5) is 0 Å². The molecular formula is C9H7BrClN3. The molecule has 2 heterocycles. The van der Waals surface area contributed by atoms with Crippen LogP contribution in [0.5, 0.6) is 0 Å². The second kappa shape index (κ2) is 2.94. The van der Waals surface area contributed by atoms with Crippen LogP contribution in [-0.2, 0) is 0 Å². The minimum absolute atomic E-state index is 0.552. The number of fused-ring (bicyclic) bond motifs is 1. The van der Waals surface area contributed by atoms with Gasteiger partial charge in [0.2, 0.25) is 0 Å². The van der Waals surface area contributed by atoms with Gasteiger partial charge in [0, 0.05) is 12.1 Å². The van der Waals surface area contributed by atoms with Gasteiger partial charge in [-0.15, -0.1) is 0 Å². The van der Waals surface area contributed by atoms with Crippen molar-refractivity contribution in [1.82, 2.24) is 14.6 Å². The molecule has 14 heavy (non-hydrogen) atoms. The van der Waals surface area contributed by atoms with Crippen LogP contribution in [0.3, 0.4) is 0 Å². The average molecular weight is 273 g/mol. The SMILES string of the molecule is Clc1c(C2CC2)nc2c(Br)ccnn12. The van der Waals surface area contributed by atoms with Crippen LogP contribution < -0.4 is 0 Å². The topological polar surface area (TPSA) is 30.2 Å². The molecule has 0 unspecified atom stereocenters. The first kappa shape index (κ1) is 8.68. The fraction of sp³-hybridized carbons (Fsp3) is 0.333. The van der Waals surface area contributed by atoms with Crippen molar-refractivity contribution in [1.29, 1.82) is 0 Å². The molecule has 0 bridgehead atoms. The molecular weight excluding hydrogens is 265 g/mol. The molecule has 3 rings (SSSR count). The van der Waals surface area contributed by atoms with Crippen molar-refractivity contribution < 1.29 is 0 Å². The van der Waals surface area contributed by atoms with E-state index in [4.69, 9.17) is 11.6 Å². The van der Waals surface area contributed by atoms with E-state index in [1.807, 2.05) is 6.07 Å². The lowest BCUT2D eigenvalue weighted by Crippen LogP contribution is -1.90. The van der Waals surface area contributed by atoms with E-state index in [1.54, 1.807) is 10.7 Å². The van der Waals surface area contributed by atoms with Crippen molar-refractivity contribution in [3.05, 3.63) is 27.6 Å². The smallest absolute Gasteiger partial charge is 0.169 e. The van der Waals surface area contributed by atoms with Crippen LogP contribution in [-0.4, -0.2) is 14.6 Å². The van der Waals surface area contributed by atoms with Crippen LogP contribution in [0, 0.1) is 0 Å². The normalized spacial score (nSPS) is 16.4. The second-order valence-electron chi connectivity index (χ2n) is 3.48. The molecule has 2 aromatic rings. The first-order valence-electron chi connectivity index (χ1n) is 4.46. The Morgan fingerprint density at radius 2 is 2.29 bits per heavy atom. The third-order valence-electron chi connectivity index (χ3n) is 2.40. The molecule has 0 aliphatic heterocycles. The summed E-state index contributed by atoms with van der Waals surface area (Å²) >= 11 is 9.61. The zero-order valence-electron chi connectivity index (χ0n) is 7.24. The number of imidazole rings is 1. The number of aromatic nitrogens is 3. The van der Waals surface area contributed by atoms with Gasteiger partial charge >= 0.3 is 0 Å². The maximum Gasteiger partial charge on any atom is 0.169 e. The molecule has 5 heteroatoms. The van der Waals surface area contributed by atoms with Gasteiger partial charge in [0.25, 0.3) is 0 Å². The Balaban J connectivity index is 2.33. The van der Waals surface area contributed by atoms with Crippen molar-refractivity contribution >= 4 is 33.2 Å². The number of halogens is 2. The fourth-order valence-corrected chi connectivity index (χ4v) is 2.22. The van der Waals surface area contributed by atoms with Crippen molar-refractivity contribution in [3.63, 3.8) is 0 Å². The Morgan fingerprint density at radius 1 is 1.50 bits per heavy atom. The molecule has 3 nitrogen and oxygen atoms in total. The summed E-state index contributed by atoms with van der Waals surface area (Å²) in [6.07, 6.45) is 4.10. The van der Waals surface area contributed by atoms with Gasteiger partial charge in [-0.05, 0) is 34.8 Å². The molecule has 0 atom stereocenters. The minimum atomic E-state index is 0.552. The van der Waals surface area contributed by atoms with Crippen molar-refractivity contribution in [2.24, 2.45) is 0 Å². The molecule has 1 fully saturated rings. The fourth-order valence-electron chi connectivity index (χ4n) is 1.53. The molecule has 0 aromatic carbocycles. The number of hydrogen-bond donors (Lipinski definition) is 0. The zero-order chi connectivity index (χ0) is 9.71. The standard InChI is InChI=1S/C9H7BrClN3/c10-6-3-4-12-14-8(11)7(5-1-2-5)13-9(6)14/h3-5H,1-2H2. The molecule has 1 aliphatic rings. The van der Waals surface area contributed by atoms with E-state index in [1.165, 1.54) is 12.8 Å². The highest BCUT2D eigenvalue weighted by molar-refractivity contribution is 9.10. The number of nitrogens with zero attached hydrogens (tertiary/aromatic N) is 3. The van der Waals surface area contributed by atoms with E-state index >= 15 is 0 Å². The highest BCUT2D eigenvalue weighted by Crippen LogP contribution is 2.43. The van der Waals surface area contributed by atoms with Crippen LogP contribution >= 0.6 is 27.5 Å². The van der Waals surface area contributed by atoms with Gasteiger partial charge in [-0.1, -0.05) is 11.6 Å². The minimum Gasteiger partial charge on any atom is -0.229 e. The van der Waals surface area contributed by atoms with E-state index in [0.717, 1.165) is 15.8 Å². The summed E-state index contributed by atoms with van der Waals surface area (Å²) in [6.45, 7) is 0. The summed E-state index contributed by atoms with van der Waals surface area (Å²) < 4.78 is 2.61. The molecule has 0 saturated heterocycles. The third-order valence-corrected chi connectivity index (χ3v) is 3.38. The van der Waals surface area contributed by atoms with Crippen LogP contribution in [0.2, 0.25) is 5.15 Å². The highest BCUT2D eigenvalue weighted by atomic mass is 79.9. The monoisotopic (exact) mass is 271 g/mol. The summed E-state index contributed by atoms with van der Waals surface area (Å²) in [7, 11) is 0.